The predicted octanol–water partition coefficient (Wildman–Crippen LogP) is 1.77. The molecule has 1 aromatic rings. The minimum Gasteiger partial charge on any atom is -0.496 e. The maximum Gasteiger partial charge on any atom is 0.224 e. The Kier molecular flexibility index (Phi) is 6.02. The highest BCUT2D eigenvalue weighted by Gasteiger charge is 2.28. The van der Waals surface area contributed by atoms with Gasteiger partial charge in [-0.2, -0.15) is 0 Å². The normalized spacial score (nSPS) is 16.2. The standard InChI is InChI=1S/C18H28N2O3/c1-14-5-6-16(22-4)15(11-14)12-17(21)19-13-18(2,3)20-7-9-23-10-8-20/h5-6,11H,7-10,12-13H2,1-4H3,(H,19,21). The Morgan fingerprint density at radius 1 is 1.35 bits per heavy atom. The summed E-state index contributed by atoms with van der Waals surface area (Å²) in [5.41, 5.74) is 1.98. The van der Waals surface area contributed by atoms with Crippen LogP contribution in [0.4, 0.5) is 0 Å². The molecule has 1 aliphatic heterocycles. The van der Waals surface area contributed by atoms with Crippen molar-refractivity contribution < 1.29 is 14.3 Å². The molecular weight excluding hydrogens is 292 g/mol. The van der Waals surface area contributed by atoms with Crippen molar-refractivity contribution in [1.82, 2.24) is 10.2 Å². The van der Waals surface area contributed by atoms with Gasteiger partial charge in [-0.3, -0.25) is 9.69 Å². The number of amides is 1. The molecule has 5 nitrogen and oxygen atoms in total. The van der Waals surface area contributed by atoms with Gasteiger partial charge >= 0.3 is 0 Å². The van der Waals surface area contributed by atoms with Crippen molar-refractivity contribution in [3.8, 4) is 5.75 Å². The summed E-state index contributed by atoms with van der Waals surface area (Å²) in [6.07, 6.45) is 0.337. The lowest BCUT2D eigenvalue weighted by atomic mass is 10.0. The van der Waals surface area contributed by atoms with Crippen molar-refractivity contribution >= 4 is 5.91 Å². The van der Waals surface area contributed by atoms with E-state index >= 15 is 0 Å². The maximum absolute atomic E-state index is 12.3. The van der Waals surface area contributed by atoms with Gasteiger partial charge in [-0.15, -0.1) is 0 Å². The topological polar surface area (TPSA) is 50.8 Å². The van der Waals surface area contributed by atoms with Gasteiger partial charge < -0.3 is 14.8 Å². The molecule has 1 saturated heterocycles. The lowest BCUT2D eigenvalue weighted by molar-refractivity contribution is -0.121. The fourth-order valence-electron chi connectivity index (χ4n) is 2.88. The summed E-state index contributed by atoms with van der Waals surface area (Å²) in [7, 11) is 1.63. The lowest BCUT2D eigenvalue weighted by Gasteiger charge is -2.40. The van der Waals surface area contributed by atoms with Crippen molar-refractivity contribution in [3.63, 3.8) is 0 Å². The summed E-state index contributed by atoms with van der Waals surface area (Å²) in [4.78, 5) is 14.7. The molecule has 1 amide bonds. The number of hydrogen-bond donors (Lipinski definition) is 1. The molecule has 0 radical (unpaired) electrons. The Balaban J connectivity index is 1.90. The van der Waals surface area contributed by atoms with Gasteiger partial charge in [0.05, 0.1) is 26.7 Å². The molecule has 0 aliphatic carbocycles. The van der Waals surface area contributed by atoms with Crippen molar-refractivity contribution in [2.24, 2.45) is 0 Å². The fourth-order valence-corrected chi connectivity index (χ4v) is 2.88. The zero-order valence-electron chi connectivity index (χ0n) is 14.6. The van der Waals surface area contributed by atoms with Gasteiger partial charge in [0.1, 0.15) is 5.75 Å². The molecule has 5 heteroatoms. The Morgan fingerprint density at radius 3 is 2.70 bits per heavy atom. The van der Waals surface area contributed by atoms with Crippen molar-refractivity contribution in [1.29, 1.82) is 0 Å². The number of rotatable bonds is 6. The summed E-state index contributed by atoms with van der Waals surface area (Å²) in [6, 6.07) is 5.91. The van der Waals surface area contributed by atoms with E-state index in [-0.39, 0.29) is 11.4 Å². The van der Waals surface area contributed by atoms with E-state index in [0.29, 0.717) is 13.0 Å². The van der Waals surface area contributed by atoms with E-state index in [1.165, 1.54) is 0 Å². The van der Waals surface area contributed by atoms with Crippen molar-refractivity contribution in [2.45, 2.75) is 32.7 Å². The van der Waals surface area contributed by atoms with E-state index in [1.54, 1.807) is 7.11 Å². The summed E-state index contributed by atoms with van der Waals surface area (Å²) >= 11 is 0. The summed E-state index contributed by atoms with van der Waals surface area (Å²) in [5, 5.41) is 3.06. The highest BCUT2D eigenvalue weighted by atomic mass is 16.5. The maximum atomic E-state index is 12.3. The van der Waals surface area contributed by atoms with E-state index in [4.69, 9.17) is 9.47 Å². The van der Waals surface area contributed by atoms with E-state index in [0.717, 1.165) is 43.2 Å². The molecule has 0 aromatic heterocycles. The van der Waals surface area contributed by atoms with Crippen LogP contribution in [0.15, 0.2) is 18.2 Å². The van der Waals surface area contributed by atoms with Gasteiger partial charge in [-0.25, -0.2) is 0 Å². The number of hydrogen-bond acceptors (Lipinski definition) is 4. The number of aryl methyl sites for hydroxylation is 1. The first-order valence-corrected chi connectivity index (χ1v) is 8.15. The van der Waals surface area contributed by atoms with E-state index in [9.17, 15) is 4.79 Å². The Morgan fingerprint density at radius 2 is 2.04 bits per heavy atom. The Bertz CT molecular complexity index is 537. The van der Waals surface area contributed by atoms with Crippen molar-refractivity contribution in [3.05, 3.63) is 29.3 Å². The molecule has 0 spiro atoms. The van der Waals surface area contributed by atoms with E-state index < -0.39 is 0 Å². The van der Waals surface area contributed by atoms with Gasteiger partial charge in [0.15, 0.2) is 0 Å². The number of carbonyl (C=O) groups excluding carboxylic acids is 1. The predicted molar refractivity (Wildman–Crippen MR) is 90.9 cm³/mol. The second-order valence-electron chi connectivity index (χ2n) is 6.68. The van der Waals surface area contributed by atoms with Crippen LogP contribution in [0.1, 0.15) is 25.0 Å². The first kappa shape index (κ1) is 17.8. The number of nitrogens with one attached hydrogen (secondary N) is 1. The summed E-state index contributed by atoms with van der Waals surface area (Å²) in [5.74, 6) is 0.786. The van der Waals surface area contributed by atoms with Crippen molar-refractivity contribution in [2.75, 3.05) is 40.0 Å². The molecule has 0 unspecified atom stereocenters. The molecule has 1 aromatic carbocycles. The van der Waals surface area contributed by atoms with Crippen LogP contribution in [0.5, 0.6) is 5.75 Å². The van der Waals surface area contributed by atoms with Gasteiger partial charge in [-0.1, -0.05) is 17.7 Å². The number of carbonyl (C=O) groups is 1. The highest BCUT2D eigenvalue weighted by molar-refractivity contribution is 5.79. The molecule has 1 N–H and O–H groups in total. The third-order valence-corrected chi connectivity index (χ3v) is 4.37. The van der Waals surface area contributed by atoms with Gasteiger partial charge in [-0.05, 0) is 26.8 Å². The highest BCUT2D eigenvalue weighted by Crippen LogP contribution is 2.20. The summed E-state index contributed by atoms with van der Waals surface area (Å²) < 4.78 is 10.7. The van der Waals surface area contributed by atoms with Crippen LogP contribution < -0.4 is 10.1 Å². The zero-order chi connectivity index (χ0) is 16.9. The minimum absolute atomic E-state index is 0.0234. The molecule has 1 aliphatic rings. The SMILES string of the molecule is COc1ccc(C)cc1CC(=O)NCC(C)(C)N1CCOCC1. The van der Waals surface area contributed by atoms with Crippen LogP contribution in [-0.4, -0.2) is 56.3 Å². The van der Waals surface area contributed by atoms with Crippen LogP contribution in [0.2, 0.25) is 0 Å². The second-order valence-corrected chi connectivity index (χ2v) is 6.68. The quantitative estimate of drug-likeness (QED) is 0.868. The number of morpholine rings is 1. The molecule has 23 heavy (non-hydrogen) atoms. The molecule has 0 bridgehead atoms. The average Bonchev–Trinajstić information content (AvgIpc) is 2.54. The molecule has 2 rings (SSSR count). The van der Waals surface area contributed by atoms with E-state index in [2.05, 4.69) is 24.1 Å². The molecular formula is C18H28N2O3. The lowest BCUT2D eigenvalue weighted by Crippen LogP contribution is -2.55. The van der Waals surface area contributed by atoms with Gasteiger partial charge in [0, 0.05) is 30.7 Å². The van der Waals surface area contributed by atoms with E-state index in [1.807, 2.05) is 25.1 Å². The fraction of sp³-hybridized carbons (Fsp3) is 0.611. The van der Waals surface area contributed by atoms with Crippen LogP contribution in [0.25, 0.3) is 0 Å². The first-order chi connectivity index (χ1) is 10.9. The number of nitrogens with zero attached hydrogens (tertiary/aromatic N) is 1. The third kappa shape index (κ3) is 4.94. The van der Waals surface area contributed by atoms with Crippen LogP contribution in [0.3, 0.4) is 0 Å². The molecule has 1 fully saturated rings. The minimum atomic E-state index is -0.0733. The molecule has 0 atom stereocenters. The Hall–Kier alpha value is -1.59. The van der Waals surface area contributed by atoms with Gasteiger partial charge in [0.2, 0.25) is 5.91 Å². The third-order valence-electron chi connectivity index (χ3n) is 4.37. The smallest absolute Gasteiger partial charge is 0.224 e. The summed E-state index contributed by atoms with van der Waals surface area (Å²) in [6.45, 7) is 10.3. The van der Waals surface area contributed by atoms with Crippen LogP contribution in [0, 0.1) is 6.92 Å². The second kappa shape index (κ2) is 7.79. The average molecular weight is 320 g/mol. The molecule has 128 valence electrons. The first-order valence-electron chi connectivity index (χ1n) is 8.15. The van der Waals surface area contributed by atoms with Crippen LogP contribution >= 0.6 is 0 Å². The zero-order valence-corrected chi connectivity index (χ0v) is 14.6. The number of ether oxygens (including phenoxy) is 2. The Labute approximate surface area is 139 Å². The number of benzene rings is 1. The van der Waals surface area contributed by atoms with Gasteiger partial charge in [0.25, 0.3) is 0 Å². The monoisotopic (exact) mass is 320 g/mol. The van der Waals surface area contributed by atoms with Crippen LogP contribution in [-0.2, 0) is 16.0 Å². The number of methoxy groups -OCH3 is 1. The molecule has 0 saturated carbocycles. The largest absolute Gasteiger partial charge is 0.496 e. The molecule has 1 heterocycles.